The van der Waals surface area contributed by atoms with Gasteiger partial charge in [-0.2, -0.15) is 8.78 Å². The normalized spacial score (nSPS) is 13.0. The van der Waals surface area contributed by atoms with Crippen LogP contribution in [0.2, 0.25) is 10.0 Å². The molecule has 0 saturated heterocycles. The van der Waals surface area contributed by atoms with Crippen LogP contribution >= 0.6 is 23.2 Å². The summed E-state index contributed by atoms with van der Waals surface area (Å²) in [6.45, 7) is -3.20. The van der Waals surface area contributed by atoms with Crippen LogP contribution < -0.4 is 26.4 Å². The first-order chi connectivity index (χ1) is 14.3. The third-order valence-corrected chi connectivity index (χ3v) is 4.31. The Bertz CT molecular complexity index is 1020. The number of ether oxygens (including phenoxy) is 1. The highest BCUT2D eigenvalue weighted by Gasteiger charge is 2.24. The smallest absolute Gasteiger partial charge is 0.387 e. The number of anilines is 1. The molecule has 0 radical (unpaired) electrons. The molecule has 0 fully saturated rings. The molecule has 30 heavy (non-hydrogen) atoms. The maximum atomic E-state index is 12.8. The van der Waals surface area contributed by atoms with Crippen LogP contribution in [0.15, 0.2) is 35.6 Å². The highest BCUT2D eigenvalue weighted by Crippen LogP contribution is 2.36. The van der Waals surface area contributed by atoms with Crippen molar-refractivity contribution in [3.05, 3.63) is 51.8 Å². The Labute approximate surface area is 178 Å². The molecule has 14 heteroatoms. The minimum absolute atomic E-state index is 0.101. The fraction of sp³-hybridized carbons (Fsp3) is 0.125. The van der Waals surface area contributed by atoms with Crippen molar-refractivity contribution in [2.75, 3.05) is 12.4 Å². The molecule has 2 aromatic rings. The number of carbonyl (C=O) groups excluding carboxylic acids is 2. The van der Waals surface area contributed by atoms with Crippen molar-refractivity contribution in [1.82, 2.24) is 26.4 Å². The summed E-state index contributed by atoms with van der Waals surface area (Å²) in [4.78, 5) is 28.9. The Balaban J connectivity index is 1.93. The van der Waals surface area contributed by atoms with Crippen molar-refractivity contribution in [3.63, 3.8) is 0 Å². The van der Waals surface area contributed by atoms with Gasteiger partial charge in [0.25, 0.3) is 11.8 Å². The van der Waals surface area contributed by atoms with E-state index in [2.05, 4.69) is 36.5 Å². The summed E-state index contributed by atoms with van der Waals surface area (Å²) in [6, 6.07) is 4.96. The van der Waals surface area contributed by atoms with Crippen LogP contribution in [0.1, 0.15) is 20.8 Å². The van der Waals surface area contributed by atoms with E-state index in [0.29, 0.717) is 0 Å². The monoisotopic (exact) mass is 459 g/mol. The number of nitrogens with one attached hydrogen (secondary N) is 4. The van der Waals surface area contributed by atoms with E-state index >= 15 is 0 Å². The van der Waals surface area contributed by atoms with Gasteiger partial charge in [0.1, 0.15) is 11.4 Å². The van der Waals surface area contributed by atoms with Crippen molar-refractivity contribution >= 4 is 46.7 Å². The van der Waals surface area contributed by atoms with Crippen molar-refractivity contribution in [3.8, 4) is 5.75 Å². The number of guanidine groups is 1. The highest BCUT2D eigenvalue weighted by atomic mass is 35.5. The molecule has 3 rings (SSSR count). The number of hydrogen-bond acceptors (Lipinski definition) is 8. The minimum atomic E-state index is -3.20. The van der Waals surface area contributed by atoms with E-state index < -0.39 is 24.2 Å². The molecule has 0 spiro atoms. The second-order valence-corrected chi connectivity index (χ2v) is 6.48. The summed E-state index contributed by atoms with van der Waals surface area (Å²) in [5.41, 5.74) is 4.44. The van der Waals surface area contributed by atoms with E-state index in [9.17, 15) is 18.4 Å². The van der Waals surface area contributed by atoms with Gasteiger partial charge < -0.3 is 10.1 Å². The molecule has 1 aromatic carbocycles. The molecular weight excluding hydrogens is 447 g/mol. The maximum Gasteiger partial charge on any atom is 0.387 e. The van der Waals surface area contributed by atoms with E-state index in [1.807, 2.05) is 0 Å². The average molecular weight is 460 g/mol. The zero-order valence-corrected chi connectivity index (χ0v) is 16.6. The molecule has 2 heterocycles. The van der Waals surface area contributed by atoms with Crippen LogP contribution in [0, 0.1) is 0 Å². The van der Waals surface area contributed by atoms with Gasteiger partial charge in [-0.25, -0.2) is 5.53 Å². The number of pyridine rings is 1. The number of carbonyl (C=O) groups is 2. The quantitative estimate of drug-likeness (QED) is 0.540. The number of halogens is 4. The molecule has 0 aliphatic carbocycles. The van der Waals surface area contributed by atoms with Crippen LogP contribution in [-0.2, 0) is 0 Å². The zero-order chi connectivity index (χ0) is 21.8. The molecule has 4 N–H and O–H groups in total. The third-order valence-electron chi connectivity index (χ3n) is 3.68. The van der Waals surface area contributed by atoms with Crippen LogP contribution in [-0.4, -0.2) is 41.4 Å². The van der Waals surface area contributed by atoms with Crippen LogP contribution in [0.3, 0.4) is 0 Å². The van der Waals surface area contributed by atoms with Gasteiger partial charge >= 0.3 is 6.61 Å². The molecule has 0 saturated carbocycles. The molecule has 1 aliphatic heterocycles. The van der Waals surface area contributed by atoms with Crippen LogP contribution in [0.25, 0.3) is 0 Å². The van der Waals surface area contributed by atoms with Gasteiger partial charge in [-0.05, 0) is 24.3 Å². The largest absolute Gasteiger partial charge is 0.433 e. The van der Waals surface area contributed by atoms with Gasteiger partial charge in [0, 0.05) is 18.3 Å². The molecule has 1 aliphatic rings. The lowest BCUT2D eigenvalue weighted by Crippen LogP contribution is -2.45. The van der Waals surface area contributed by atoms with Crippen LogP contribution in [0.4, 0.5) is 14.5 Å². The summed E-state index contributed by atoms with van der Waals surface area (Å²) in [5, 5.41) is 9.85. The average Bonchev–Trinajstić information content (AvgIpc) is 3.08. The van der Waals surface area contributed by atoms with Gasteiger partial charge in [0.05, 0.1) is 10.6 Å². The van der Waals surface area contributed by atoms with E-state index in [1.54, 1.807) is 7.05 Å². The van der Waals surface area contributed by atoms with Crippen molar-refractivity contribution in [1.29, 1.82) is 0 Å². The lowest BCUT2D eigenvalue weighted by molar-refractivity contribution is -0.0493. The molecule has 0 atom stereocenters. The zero-order valence-electron chi connectivity index (χ0n) is 15.0. The minimum Gasteiger partial charge on any atom is -0.433 e. The van der Waals surface area contributed by atoms with Gasteiger partial charge in [0.2, 0.25) is 5.96 Å². The number of alkyl halides is 2. The number of hydrogen-bond donors (Lipinski definition) is 4. The summed E-state index contributed by atoms with van der Waals surface area (Å²) in [6.07, 6.45) is 1.29. The molecule has 158 valence electrons. The van der Waals surface area contributed by atoms with E-state index in [1.165, 1.54) is 29.4 Å². The predicted molar refractivity (Wildman–Crippen MR) is 104 cm³/mol. The summed E-state index contributed by atoms with van der Waals surface area (Å²) in [7, 11) is 1.57. The van der Waals surface area contributed by atoms with E-state index in [-0.39, 0.29) is 32.9 Å². The molecule has 1 aromatic heterocycles. The highest BCUT2D eigenvalue weighted by molar-refractivity contribution is 6.38. The number of rotatable bonds is 5. The van der Waals surface area contributed by atoms with Gasteiger partial charge in [-0.3, -0.25) is 24.9 Å². The van der Waals surface area contributed by atoms with Gasteiger partial charge in [0.15, 0.2) is 5.75 Å². The van der Waals surface area contributed by atoms with Gasteiger partial charge in [-0.1, -0.05) is 23.2 Å². The Morgan fingerprint density at radius 3 is 2.60 bits per heavy atom. The Hall–Kier alpha value is -3.22. The standard InChI is InChI=1S/C16H13Cl2F2N7O3/c1-27-16(24-25-26-27)23-13(28)8-2-3-10(30-15(19)20)12(11(8)18)22-14(29)9-6-7(17)4-5-21-9/h2-6,15,25-26H,1H3,(H,22,29)(H,23,24,28). The lowest BCUT2D eigenvalue weighted by Gasteiger charge is -2.17. The first-order valence-corrected chi connectivity index (χ1v) is 8.85. The molecular formula is C16H13Cl2F2N7O3. The van der Waals surface area contributed by atoms with Crippen LogP contribution in [0.5, 0.6) is 5.75 Å². The SMILES string of the molecule is CN1NNN=C1NC(=O)c1ccc(OC(F)F)c(NC(=O)c2cc(Cl)ccn2)c1Cl. The number of aromatic nitrogens is 1. The number of hydrazone groups is 1. The second kappa shape index (κ2) is 9.07. The number of benzene rings is 1. The topological polar surface area (TPSA) is 120 Å². The third kappa shape index (κ3) is 4.84. The molecule has 0 bridgehead atoms. The number of amides is 2. The van der Waals surface area contributed by atoms with E-state index in [0.717, 1.165) is 6.07 Å². The summed E-state index contributed by atoms with van der Waals surface area (Å²) in [5.74, 6) is -1.83. The fourth-order valence-corrected chi connectivity index (χ4v) is 2.76. The van der Waals surface area contributed by atoms with Crippen molar-refractivity contribution < 1.29 is 23.1 Å². The molecule has 10 nitrogen and oxygen atoms in total. The first kappa shape index (κ1) is 21.5. The van der Waals surface area contributed by atoms with Gasteiger partial charge in [-0.15, -0.1) is 10.6 Å². The first-order valence-electron chi connectivity index (χ1n) is 8.10. The molecule has 2 amide bonds. The predicted octanol–water partition coefficient (Wildman–Crippen LogP) is 2.20. The fourth-order valence-electron chi connectivity index (χ4n) is 2.31. The summed E-state index contributed by atoms with van der Waals surface area (Å²) >= 11 is 12.1. The second-order valence-electron chi connectivity index (χ2n) is 5.66. The lowest BCUT2D eigenvalue weighted by atomic mass is 10.1. The van der Waals surface area contributed by atoms with Crippen molar-refractivity contribution in [2.24, 2.45) is 5.10 Å². The summed E-state index contributed by atoms with van der Waals surface area (Å²) < 4.78 is 30.0. The Kier molecular flexibility index (Phi) is 6.50. The molecule has 0 unspecified atom stereocenters. The maximum absolute atomic E-state index is 12.8. The Morgan fingerprint density at radius 2 is 1.97 bits per heavy atom. The number of nitrogens with zero attached hydrogens (tertiary/aromatic N) is 3. The van der Waals surface area contributed by atoms with E-state index in [4.69, 9.17) is 23.2 Å². The number of hydrazine groups is 2. The Morgan fingerprint density at radius 1 is 1.20 bits per heavy atom. The van der Waals surface area contributed by atoms with Crippen molar-refractivity contribution in [2.45, 2.75) is 6.61 Å².